The molecular formula is C26H30N2O4S. The molecule has 2 atom stereocenters. The summed E-state index contributed by atoms with van der Waals surface area (Å²) in [6.07, 6.45) is 0.840. The zero-order valence-electron chi connectivity index (χ0n) is 19.5. The van der Waals surface area contributed by atoms with Crippen LogP contribution in [0.2, 0.25) is 0 Å². The summed E-state index contributed by atoms with van der Waals surface area (Å²) in [4.78, 5) is 16.6. The summed E-state index contributed by atoms with van der Waals surface area (Å²) in [6, 6.07) is 15.9. The van der Waals surface area contributed by atoms with Crippen molar-refractivity contribution in [1.82, 2.24) is 10.2 Å². The monoisotopic (exact) mass is 466 g/mol. The predicted octanol–water partition coefficient (Wildman–Crippen LogP) is 4.60. The van der Waals surface area contributed by atoms with Gasteiger partial charge in [-0.3, -0.25) is 9.69 Å². The summed E-state index contributed by atoms with van der Waals surface area (Å²) < 4.78 is 16.6. The van der Waals surface area contributed by atoms with E-state index in [1.54, 1.807) is 32.7 Å². The Bertz CT molecular complexity index is 1100. The van der Waals surface area contributed by atoms with Crippen molar-refractivity contribution in [2.24, 2.45) is 0 Å². The molecule has 1 amide bonds. The van der Waals surface area contributed by atoms with Crippen molar-refractivity contribution in [3.05, 3.63) is 75.5 Å². The molecule has 0 saturated heterocycles. The van der Waals surface area contributed by atoms with Gasteiger partial charge in [0.25, 0.3) is 0 Å². The molecule has 0 unspecified atom stereocenters. The quantitative estimate of drug-likeness (QED) is 0.526. The Hall–Kier alpha value is -3.03. The first-order valence-corrected chi connectivity index (χ1v) is 11.9. The number of benzene rings is 2. The molecule has 4 rings (SSSR count). The van der Waals surface area contributed by atoms with Gasteiger partial charge >= 0.3 is 0 Å². The molecule has 1 aromatic heterocycles. The Labute approximate surface area is 199 Å². The molecule has 3 aromatic rings. The topological polar surface area (TPSA) is 60.0 Å². The van der Waals surface area contributed by atoms with Gasteiger partial charge in [0, 0.05) is 17.0 Å². The molecule has 1 aliphatic rings. The van der Waals surface area contributed by atoms with Gasteiger partial charge in [-0.15, -0.1) is 11.3 Å². The van der Waals surface area contributed by atoms with Gasteiger partial charge in [0.2, 0.25) is 5.91 Å². The molecule has 2 aromatic carbocycles. The van der Waals surface area contributed by atoms with Crippen LogP contribution in [0.4, 0.5) is 0 Å². The molecule has 0 fully saturated rings. The lowest BCUT2D eigenvalue weighted by molar-refractivity contribution is -0.123. The zero-order chi connectivity index (χ0) is 23.4. The van der Waals surface area contributed by atoms with Crippen LogP contribution in [0.25, 0.3) is 0 Å². The number of para-hydroxylation sites is 1. The van der Waals surface area contributed by atoms with E-state index in [4.69, 9.17) is 14.2 Å². The van der Waals surface area contributed by atoms with Gasteiger partial charge in [-0.05, 0) is 54.1 Å². The van der Waals surface area contributed by atoms with E-state index in [2.05, 4.69) is 39.9 Å². The first-order chi connectivity index (χ1) is 16.0. The molecule has 1 N–H and O–H groups in total. The fourth-order valence-electron chi connectivity index (χ4n) is 4.52. The van der Waals surface area contributed by atoms with Crippen LogP contribution in [-0.2, 0) is 11.2 Å². The van der Waals surface area contributed by atoms with Crippen LogP contribution in [0.1, 0.15) is 40.6 Å². The van der Waals surface area contributed by atoms with Gasteiger partial charge in [-0.25, -0.2) is 0 Å². The van der Waals surface area contributed by atoms with E-state index < -0.39 is 0 Å². The van der Waals surface area contributed by atoms with Gasteiger partial charge in [0.05, 0.1) is 40.0 Å². The minimum absolute atomic E-state index is 0.0131. The van der Waals surface area contributed by atoms with Crippen molar-refractivity contribution in [3.8, 4) is 17.2 Å². The second-order valence-electron chi connectivity index (χ2n) is 8.08. The Balaban J connectivity index is 1.58. The molecule has 0 radical (unpaired) electrons. The number of thiophene rings is 1. The fourth-order valence-corrected chi connectivity index (χ4v) is 5.40. The number of fused-ring (bicyclic) bond motifs is 1. The molecule has 1 aliphatic heterocycles. The average molecular weight is 467 g/mol. The molecule has 0 saturated carbocycles. The first kappa shape index (κ1) is 23.1. The van der Waals surface area contributed by atoms with E-state index in [0.29, 0.717) is 12.3 Å². The number of hydrogen-bond acceptors (Lipinski definition) is 6. The van der Waals surface area contributed by atoms with Crippen molar-refractivity contribution in [2.75, 3.05) is 34.4 Å². The molecule has 0 bridgehead atoms. The van der Waals surface area contributed by atoms with Gasteiger partial charge in [0.1, 0.15) is 5.75 Å². The molecule has 2 heterocycles. The predicted molar refractivity (Wildman–Crippen MR) is 131 cm³/mol. The van der Waals surface area contributed by atoms with Gasteiger partial charge in [0.15, 0.2) is 11.5 Å². The number of rotatable bonds is 8. The maximum absolute atomic E-state index is 13.1. The average Bonchev–Trinajstić information content (AvgIpc) is 3.37. The minimum atomic E-state index is -0.157. The van der Waals surface area contributed by atoms with Crippen LogP contribution >= 0.6 is 11.3 Å². The normalized spacial score (nSPS) is 16.5. The SMILES string of the molecule is COc1cc2c(cc1OC)[C@@H](c1cccs1)N(CC(=O)N[C@@H](C)c1ccccc1OC)CC2. The highest BCUT2D eigenvalue weighted by molar-refractivity contribution is 7.10. The van der Waals surface area contributed by atoms with E-state index in [1.807, 2.05) is 31.2 Å². The van der Waals surface area contributed by atoms with E-state index in [0.717, 1.165) is 35.6 Å². The lowest BCUT2D eigenvalue weighted by atomic mass is 9.91. The Morgan fingerprint density at radius 1 is 1.06 bits per heavy atom. The van der Waals surface area contributed by atoms with E-state index in [-0.39, 0.29) is 18.0 Å². The highest BCUT2D eigenvalue weighted by atomic mass is 32.1. The van der Waals surface area contributed by atoms with Crippen LogP contribution in [0.3, 0.4) is 0 Å². The summed E-state index contributed by atoms with van der Waals surface area (Å²) in [6.45, 7) is 3.06. The molecule has 6 nitrogen and oxygen atoms in total. The van der Waals surface area contributed by atoms with Crippen molar-refractivity contribution >= 4 is 17.2 Å². The molecule has 0 aliphatic carbocycles. The van der Waals surface area contributed by atoms with Gasteiger partial charge in [-0.1, -0.05) is 24.3 Å². The summed E-state index contributed by atoms with van der Waals surface area (Å²) in [7, 11) is 4.95. The lowest BCUT2D eigenvalue weighted by Crippen LogP contribution is -2.43. The number of carbonyl (C=O) groups is 1. The third kappa shape index (κ3) is 4.84. The fraction of sp³-hybridized carbons (Fsp3) is 0.346. The minimum Gasteiger partial charge on any atom is -0.496 e. The maximum Gasteiger partial charge on any atom is 0.234 e. The van der Waals surface area contributed by atoms with Crippen LogP contribution in [-0.4, -0.2) is 45.2 Å². The van der Waals surface area contributed by atoms with Crippen molar-refractivity contribution in [1.29, 1.82) is 0 Å². The molecule has 7 heteroatoms. The Morgan fingerprint density at radius 2 is 1.79 bits per heavy atom. The Morgan fingerprint density at radius 3 is 2.48 bits per heavy atom. The standard InChI is InChI=1S/C26H30N2O4S/c1-17(19-8-5-6-9-21(19)30-2)27-25(29)16-28-12-11-18-14-22(31-3)23(32-4)15-20(18)26(28)24-10-7-13-33-24/h5-10,13-15,17,26H,11-12,16H2,1-4H3,(H,27,29)/t17-,26-/m0/s1. The van der Waals surface area contributed by atoms with E-state index in [1.165, 1.54) is 10.4 Å². The molecular weight excluding hydrogens is 436 g/mol. The smallest absolute Gasteiger partial charge is 0.234 e. The number of carbonyl (C=O) groups excluding carboxylic acids is 1. The van der Waals surface area contributed by atoms with Crippen molar-refractivity contribution in [3.63, 3.8) is 0 Å². The third-order valence-electron chi connectivity index (χ3n) is 6.12. The van der Waals surface area contributed by atoms with Crippen molar-refractivity contribution < 1.29 is 19.0 Å². The zero-order valence-corrected chi connectivity index (χ0v) is 20.3. The molecule has 0 spiro atoms. The largest absolute Gasteiger partial charge is 0.496 e. The highest BCUT2D eigenvalue weighted by Crippen LogP contribution is 2.42. The first-order valence-electron chi connectivity index (χ1n) is 11.0. The lowest BCUT2D eigenvalue weighted by Gasteiger charge is -2.37. The number of amides is 1. The summed E-state index contributed by atoms with van der Waals surface area (Å²) in [5.74, 6) is 2.19. The van der Waals surface area contributed by atoms with Crippen LogP contribution in [0.15, 0.2) is 53.9 Å². The second-order valence-corrected chi connectivity index (χ2v) is 9.05. The Kier molecular flexibility index (Phi) is 7.20. The number of nitrogens with one attached hydrogen (secondary N) is 1. The highest BCUT2D eigenvalue weighted by Gasteiger charge is 2.32. The molecule has 33 heavy (non-hydrogen) atoms. The summed E-state index contributed by atoms with van der Waals surface area (Å²) >= 11 is 1.70. The second kappa shape index (κ2) is 10.3. The van der Waals surface area contributed by atoms with Crippen molar-refractivity contribution in [2.45, 2.75) is 25.4 Å². The number of nitrogens with zero attached hydrogens (tertiary/aromatic N) is 1. The number of ether oxygens (including phenoxy) is 3. The van der Waals surface area contributed by atoms with E-state index in [9.17, 15) is 4.79 Å². The summed E-state index contributed by atoms with van der Waals surface area (Å²) in [5.41, 5.74) is 3.35. The molecule has 174 valence electrons. The van der Waals surface area contributed by atoms with Crippen LogP contribution in [0, 0.1) is 0 Å². The number of methoxy groups -OCH3 is 3. The maximum atomic E-state index is 13.1. The number of hydrogen-bond donors (Lipinski definition) is 1. The van der Waals surface area contributed by atoms with Gasteiger partial charge < -0.3 is 19.5 Å². The van der Waals surface area contributed by atoms with Crippen LogP contribution in [0.5, 0.6) is 17.2 Å². The van der Waals surface area contributed by atoms with E-state index >= 15 is 0 Å². The third-order valence-corrected chi connectivity index (χ3v) is 7.04. The summed E-state index contributed by atoms with van der Waals surface area (Å²) in [5, 5.41) is 5.22. The van der Waals surface area contributed by atoms with Gasteiger partial charge in [-0.2, -0.15) is 0 Å². The van der Waals surface area contributed by atoms with Crippen LogP contribution < -0.4 is 19.5 Å².